The van der Waals surface area contributed by atoms with Crippen LogP contribution in [0.15, 0.2) is 36.5 Å². The average molecular weight is 401 g/mol. The summed E-state index contributed by atoms with van der Waals surface area (Å²) in [5, 5.41) is 0.668. The lowest BCUT2D eigenvalue weighted by Gasteiger charge is -2.42. The molecule has 1 atom stereocenters. The summed E-state index contributed by atoms with van der Waals surface area (Å²) in [4.78, 5) is 31.0. The molecule has 0 saturated carbocycles. The molecule has 1 fully saturated rings. The molecule has 3 heterocycles. The Labute approximate surface area is 170 Å². The third kappa shape index (κ3) is 2.87. The highest BCUT2D eigenvalue weighted by molar-refractivity contribution is 6.30. The van der Waals surface area contributed by atoms with E-state index < -0.39 is 0 Å². The molecule has 1 aromatic carbocycles. The van der Waals surface area contributed by atoms with Gasteiger partial charge in [-0.3, -0.25) is 4.79 Å². The molecule has 1 unspecified atom stereocenters. The first kappa shape index (κ1) is 18.9. The Morgan fingerprint density at radius 2 is 1.61 bits per heavy atom. The number of benzene rings is 1. The van der Waals surface area contributed by atoms with Crippen LogP contribution in [0.5, 0.6) is 0 Å². The maximum atomic E-state index is 13.4. The van der Waals surface area contributed by atoms with Crippen LogP contribution in [0, 0.1) is 0 Å². The number of carbonyl (C=O) groups excluding carboxylic acids is 2. The lowest BCUT2D eigenvalue weighted by molar-refractivity contribution is 0.0485. The van der Waals surface area contributed by atoms with Crippen molar-refractivity contribution in [1.82, 2.24) is 19.3 Å². The summed E-state index contributed by atoms with van der Waals surface area (Å²) in [5.74, 6) is 0.0236. The van der Waals surface area contributed by atoms with E-state index in [1.165, 1.54) is 0 Å². The second-order valence-electron chi connectivity index (χ2n) is 7.98. The van der Waals surface area contributed by atoms with E-state index >= 15 is 0 Å². The second-order valence-corrected chi connectivity index (χ2v) is 8.42. The zero-order valence-corrected chi connectivity index (χ0v) is 17.3. The van der Waals surface area contributed by atoms with E-state index in [0.29, 0.717) is 18.1 Å². The first-order chi connectivity index (χ1) is 13.3. The fraction of sp³-hybridized carbons (Fsp3) is 0.429. The van der Waals surface area contributed by atoms with Gasteiger partial charge in [0.1, 0.15) is 0 Å². The predicted octanol–water partition coefficient (Wildman–Crippen LogP) is 3.63. The molecule has 1 aromatic heterocycles. The number of rotatable bonds is 3. The van der Waals surface area contributed by atoms with Gasteiger partial charge in [-0.05, 0) is 37.6 Å². The van der Waals surface area contributed by atoms with Gasteiger partial charge in [0.2, 0.25) is 0 Å². The molecular formula is C21H25ClN4O2. The SMILES string of the molecule is CC(C)n1ccc2c1C(c1ccc(Cl)cc1)N(C1CN(C)C(=O)N(C)C1)C2=O. The van der Waals surface area contributed by atoms with Gasteiger partial charge in [-0.1, -0.05) is 23.7 Å². The molecule has 0 bridgehead atoms. The highest BCUT2D eigenvalue weighted by atomic mass is 35.5. The summed E-state index contributed by atoms with van der Waals surface area (Å²) in [6, 6.07) is 9.56. The molecule has 2 aromatic rings. The van der Waals surface area contributed by atoms with Crippen LogP contribution in [-0.2, 0) is 0 Å². The predicted molar refractivity (Wildman–Crippen MR) is 109 cm³/mol. The molecule has 2 aliphatic rings. The largest absolute Gasteiger partial charge is 0.346 e. The zero-order chi connectivity index (χ0) is 20.2. The Kier molecular flexibility index (Phi) is 4.62. The summed E-state index contributed by atoms with van der Waals surface area (Å²) >= 11 is 6.11. The third-order valence-corrected chi connectivity index (χ3v) is 5.97. The molecule has 0 spiro atoms. The number of fused-ring (bicyclic) bond motifs is 1. The summed E-state index contributed by atoms with van der Waals surface area (Å²) in [7, 11) is 3.56. The van der Waals surface area contributed by atoms with Gasteiger partial charge in [0.05, 0.1) is 23.3 Å². The fourth-order valence-corrected chi connectivity index (χ4v) is 4.55. The first-order valence-electron chi connectivity index (χ1n) is 9.54. The molecule has 0 radical (unpaired) electrons. The van der Waals surface area contributed by atoms with E-state index in [1.807, 2.05) is 41.4 Å². The number of carbonyl (C=O) groups is 2. The third-order valence-electron chi connectivity index (χ3n) is 5.72. The molecule has 4 rings (SSSR count). The molecule has 7 heteroatoms. The Morgan fingerprint density at radius 1 is 1.00 bits per heavy atom. The van der Waals surface area contributed by atoms with Gasteiger partial charge in [0, 0.05) is 44.4 Å². The van der Waals surface area contributed by atoms with Crippen LogP contribution in [0.1, 0.15) is 47.5 Å². The fourth-order valence-electron chi connectivity index (χ4n) is 4.42. The van der Waals surface area contributed by atoms with Crippen molar-refractivity contribution in [3.63, 3.8) is 0 Å². The number of hydrogen-bond acceptors (Lipinski definition) is 2. The molecule has 3 amide bonds. The number of aromatic nitrogens is 1. The molecular weight excluding hydrogens is 376 g/mol. The molecule has 1 saturated heterocycles. The quantitative estimate of drug-likeness (QED) is 0.789. The van der Waals surface area contributed by atoms with Crippen LogP contribution >= 0.6 is 11.6 Å². The molecule has 2 aliphatic heterocycles. The lowest BCUT2D eigenvalue weighted by atomic mass is 10.0. The van der Waals surface area contributed by atoms with Gasteiger partial charge in [0.15, 0.2) is 0 Å². The maximum Gasteiger partial charge on any atom is 0.319 e. The topological polar surface area (TPSA) is 48.8 Å². The molecule has 148 valence electrons. The molecule has 0 aliphatic carbocycles. The van der Waals surface area contributed by atoms with Crippen molar-refractivity contribution in [1.29, 1.82) is 0 Å². The van der Waals surface area contributed by atoms with Gasteiger partial charge >= 0.3 is 6.03 Å². The van der Waals surface area contributed by atoms with Crippen LogP contribution in [0.25, 0.3) is 0 Å². The van der Waals surface area contributed by atoms with Crippen molar-refractivity contribution < 1.29 is 9.59 Å². The Morgan fingerprint density at radius 3 is 2.18 bits per heavy atom. The van der Waals surface area contributed by atoms with Gasteiger partial charge in [-0.25, -0.2) is 4.79 Å². The molecule has 28 heavy (non-hydrogen) atoms. The lowest BCUT2D eigenvalue weighted by Crippen LogP contribution is -2.59. The number of hydrogen-bond donors (Lipinski definition) is 0. The number of urea groups is 1. The van der Waals surface area contributed by atoms with Gasteiger partial charge in [-0.2, -0.15) is 0 Å². The molecule has 6 nitrogen and oxygen atoms in total. The van der Waals surface area contributed by atoms with E-state index in [0.717, 1.165) is 16.8 Å². The van der Waals surface area contributed by atoms with E-state index in [9.17, 15) is 9.59 Å². The van der Waals surface area contributed by atoms with Crippen molar-refractivity contribution in [2.45, 2.75) is 32.0 Å². The highest BCUT2D eigenvalue weighted by Gasteiger charge is 2.46. The monoisotopic (exact) mass is 400 g/mol. The summed E-state index contributed by atoms with van der Waals surface area (Å²) < 4.78 is 2.17. The minimum Gasteiger partial charge on any atom is -0.346 e. The molecule has 0 N–H and O–H groups in total. The normalized spacial score (nSPS) is 20.5. The number of amides is 3. The summed E-state index contributed by atoms with van der Waals surface area (Å²) in [6.45, 7) is 5.27. The Balaban J connectivity index is 1.82. The van der Waals surface area contributed by atoms with Gasteiger partial charge < -0.3 is 19.3 Å². The van der Waals surface area contributed by atoms with Gasteiger partial charge in [-0.15, -0.1) is 0 Å². The van der Waals surface area contributed by atoms with Crippen molar-refractivity contribution in [2.24, 2.45) is 0 Å². The maximum absolute atomic E-state index is 13.4. The standard InChI is InChI=1S/C21H25ClN4O2/c1-13(2)25-10-9-17-19(25)18(14-5-7-15(22)8-6-14)26(20(17)27)16-11-23(3)21(28)24(4)12-16/h5-10,13,16,18H,11-12H2,1-4H3. The Bertz CT molecular complexity index is 907. The van der Waals surface area contributed by atoms with Crippen LogP contribution in [-0.4, -0.2) is 64.4 Å². The van der Waals surface area contributed by atoms with Crippen molar-refractivity contribution in [2.75, 3.05) is 27.2 Å². The van der Waals surface area contributed by atoms with Gasteiger partial charge in [0.25, 0.3) is 5.91 Å². The van der Waals surface area contributed by atoms with Crippen molar-refractivity contribution >= 4 is 23.5 Å². The zero-order valence-electron chi connectivity index (χ0n) is 16.6. The van der Waals surface area contributed by atoms with Crippen LogP contribution in [0.2, 0.25) is 5.02 Å². The summed E-state index contributed by atoms with van der Waals surface area (Å²) in [5.41, 5.74) is 2.79. The van der Waals surface area contributed by atoms with E-state index in [4.69, 9.17) is 11.6 Å². The smallest absolute Gasteiger partial charge is 0.319 e. The van der Waals surface area contributed by atoms with E-state index in [1.54, 1.807) is 23.9 Å². The average Bonchev–Trinajstić information content (AvgIpc) is 3.19. The minimum absolute atomic E-state index is 0.0184. The highest BCUT2D eigenvalue weighted by Crippen LogP contribution is 2.42. The second kappa shape index (κ2) is 6.85. The first-order valence-corrected chi connectivity index (χ1v) is 9.92. The minimum atomic E-state index is -0.197. The summed E-state index contributed by atoms with van der Waals surface area (Å²) in [6.07, 6.45) is 2.00. The number of nitrogens with zero attached hydrogens (tertiary/aromatic N) is 4. The number of likely N-dealkylation sites (N-methyl/N-ethyl adjacent to an activating group) is 2. The van der Waals surface area contributed by atoms with Crippen molar-refractivity contribution in [3.05, 3.63) is 58.4 Å². The van der Waals surface area contributed by atoms with E-state index in [2.05, 4.69) is 18.4 Å². The van der Waals surface area contributed by atoms with Crippen LogP contribution in [0.4, 0.5) is 4.79 Å². The Hall–Kier alpha value is -2.47. The van der Waals surface area contributed by atoms with E-state index in [-0.39, 0.29) is 30.1 Å². The number of halogens is 1. The van der Waals surface area contributed by atoms with Crippen LogP contribution < -0.4 is 0 Å². The van der Waals surface area contributed by atoms with Crippen molar-refractivity contribution in [3.8, 4) is 0 Å². The van der Waals surface area contributed by atoms with Crippen LogP contribution in [0.3, 0.4) is 0 Å².